The number of benzene rings is 1. The standard InChI is InChI=1S/C19H26N4O5/c24-18(21-7-2-1-3-8-21)14-20-9-11-22(12-10-20)19(25)15-28-17-6-4-5-16(13-17)23(26)27/h4-6,13H,1-3,7-12,14-15H2. The number of amides is 2. The van der Waals surface area contributed by atoms with Crippen molar-refractivity contribution in [3.8, 4) is 5.75 Å². The zero-order valence-electron chi connectivity index (χ0n) is 15.9. The Hall–Kier alpha value is -2.68. The first kappa shape index (κ1) is 20.1. The fourth-order valence-electron chi connectivity index (χ4n) is 3.51. The van der Waals surface area contributed by atoms with Gasteiger partial charge in [-0.3, -0.25) is 24.6 Å². The Labute approximate surface area is 164 Å². The first-order chi connectivity index (χ1) is 13.5. The highest BCUT2D eigenvalue weighted by Crippen LogP contribution is 2.19. The fraction of sp³-hybridized carbons (Fsp3) is 0.579. The number of carbonyl (C=O) groups is 2. The molecule has 0 aromatic heterocycles. The molecule has 1 aromatic rings. The topological polar surface area (TPSA) is 96.2 Å². The highest BCUT2D eigenvalue weighted by atomic mass is 16.6. The quantitative estimate of drug-likeness (QED) is 0.534. The van der Waals surface area contributed by atoms with Crippen molar-refractivity contribution in [3.63, 3.8) is 0 Å². The molecule has 2 heterocycles. The number of nitrogens with zero attached hydrogens (tertiary/aromatic N) is 4. The number of likely N-dealkylation sites (tertiary alicyclic amines) is 1. The predicted molar refractivity (Wildman–Crippen MR) is 102 cm³/mol. The van der Waals surface area contributed by atoms with Gasteiger partial charge in [0.15, 0.2) is 6.61 Å². The van der Waals surface area contributed by atoms with Crippen LogP contribution in [0.1, 0.15) is 19.3 Å². The van der Waals surface area contributed by atoms with E-state index >= 15 is 0 Å². The second-order valence-corrected chi connectivity index (χ2v) is 7.14. The lowest BCUT2D eigenvalue weighted by atomic mass is 10.1. The molecule has 2 fully saturated rings. The molecule has 0 atom stereocenters. The smallest absolute Gasteiger partial charge is 0.273 e. The van der Waals surface area contributed by atoms with Gasteiger partial charge < -0.3 is 14.5 Å². The summed E-state index contributed by atoms with van der Waals surface area (Å²) in [5.74, 6) is 0.315. The van der Waals surface area contributed by atoms with Crippen molar-refractivity contribution in [3.05, 3.63) is 34.4 Å². The van der Waals surface area contributed by atoms with Gasteiger partial charge in [-0.05, 0) is 25.3 Å². The first-order valence-corrected chi connectivity index (χ1v) is 9.68. The van der Waals surface area contributed by atoms with E-state index in [0.717, 1.165) is 25.9 Å². The summed E-state index contributed by atoms with van der Waals surface area (Å²) in [4.78, 5) is 40.7. The number of hydrogen-bond donors (Lipinski definition) is 0. The zero-order chi connectivity index (χ0) is 19.9. The van der Waals surface area contributed by atoms with E-state index in [4.69, 9.17) is 4.74 Å². The summed E-state index contributed by atoms with van der Waals surface area (Å²) in [6, 6.07) is 5.79. The van der Waals surface area contributed by atoms with E-state index in [1.54, 1.807) is 11.0 Å². The van der Waals surface area contributed by atoms with Gasteiger partial charge in [-0.25, -0.2) is 0 Å². The number of rotatable bonds is 6. The van der Waals surface area contributed by atoms with Crippen molar-refractivity contribution in [1.29, 1.82) is 0 Å². The van der Waals surface area contributed by atoms with Crippen molar-refractivity contribution in [2.75, 3.05) is 52.4 Å². The average molecular weight is 390 g/mol. The lowest BCUT2D eigenvalue weighted by molar-refractivity contribution is -0.384. The van der Waals surface area contributed by atoms with Crippen molar-refractivity contribution >= 4 is 17.5 Å². The molecule has 0 N–H and O–H groups in total. The highest BCUT2D eigenvalue weighted by Gasteiger charge is 2.25. The second-order valence-electron chi connectivity index (χ2n) is 7.14. The van der Waals surface area contributed by atoms with Crippen LogP contribution in [0.5, 0.6) is 5.75 Å². The van der Waals surface area contributed by atoms with Gasteiger partial charge in [0.2, 0.25) is 5.91 Å². The van der Waals surface area contributed by atoms with Gasteiger partial charge in [0, 0.05) is 45.3 Å². The molecule has 3 rings (SSSR count). The van der Waals surface area contributed by atoms with Crippen LogP contribution in [0.4, 0.5) is 5.69 Å². The molecule has 152 valence electrons. The number of piperazine rings is 1. The van der Waals surface area contributed by atoms with E-state index in [0.29, 0.717) is 38.5 Å². The summed E-state index contributed by atoms with van der Waals surface area (Å²) in [5.41, 5.74) is -0.0723. The molecule has 0 spiro atoms. The van der Waals surface area contributed by atoms with Crippen LogP contribution in [0.25, 0.3) is 0 Å². The molecule has 2 saturated heterocycles. The third-order valence-electron chi connectivity index (χ3n) is 5.18. The average Bonchev–Trinajstić information content (AvgIpc) is 2.73. The first-order valence-electron chi connectivity index (χ1n) is 9.68. The van der Waals surface area contributed by atoms with Gasteiger partial charge in [0.05, 0.1) is 17.5 Å². The monoisotopic (exact) mass is 390 g/mol. The zero-order valence-corrected chi connectivity index (χ0v) is 15.9. The van der Waals surface area contributed by atoms with Crippen LogP contribution in [-0.4, -0.2) is 83.9 Å². The van der Waals surface area contributed by atoms with Gasteiger partial charge in [0.25, 0.3) is 11.6 Å². The lowest BCUT2D eigenvalue weighted by Gasteiger charge is -2.36. The van der Waals surface area contributed by atoms with E-state index in [2.05, 4.69) is 4.90 Å². The molecule has 2 aliphatic heterocycles. The highest BCUT2D eigenvalue weighted by molar-refractivity contribution is 5.79. The summed E-state index contributed by atoms with van der Waals surface area (Å²) in [6.45, 7) is 4.36. The minimum Gasteiger partial charge on any atom is -0.484 e. The number of nitro benzene ring substituents is 1. The molecule has 28 heavy (non-hydrogen) atoms. The molecule has 1 aromatic carbocycles. The SMILES string of the molecule is O=C(COc1cccc([N+](=O)[O-])c1)N1CCN(CC(=O)N2CCCCC2)CC1. The van der Waals surface area contributed by atoms with Gasteiger partial charge in [-0.2, -0.15) is 0 Å². The predicted octanol–water partition coefficient (Wildman–Crippen LogP) is 1.13. The largest absolute Gasteiger partial charge is 0.484 e. The molecular weight excluding hydrogens is 364 g/mol. The Kier molecular flexibility index (Phi) is 6.80. The molecule has 0 aliphatic carbocycles. The molecule has 2 amide bonds. The molecule has 0 radical (unpaired) electrons. The van der Waals surface area contributed by atoms with Crippen LogP contribution in [0.3, 0.4) is 0 Å². The van der Waals surface area contributed by atoms with E-state index in [-0.39, 0.29) is 24.1 Å². The van der Waals surface area contributed by atoms with E-state index in [1.807, 2.05) is 4.90 Å². The van der Waals surface area contributed by atoms with Crippen molar-refractivity contribution < 1.29 is 19.2 Å². The van der Waals surface area contributed by atoms with Gasteiger partial charge in [-0.15, -0.1) is 0 Å². The Morgan fingerprint density at radius 3 is 2.32 bits per heavy atom. The molecule has 9 heteroatoms. The number of ether oxygens (including phenoxy) is 1. The third-order valence-corrected chi connectivity index (χ3v) is 5.18. The second kappa shape index (κ2) is 9.50. The maximum Gasteiger partial charge on any atom is 0.273 e. The number of non-ortho nitro benzene ring substituents is 1. The van der Waals surface area contributed by atoms with E-state index in [1.165, 1.54) is 24.6 Å². The summed E-state index contributed by atoms with van der Waals surface area (Å²) in [6.07, 6.45) is 3.36. The third kappa shape index (κ3) is 5.41. The number of hydrogen-bond acceptors (Lipinski definition) is 6. The summed E-state index contributed by atoms with van der Waals surface area (Å²) in [5, 5.41) is 10.8. The summed E-state index contributed by atoms with van der Waals surface area (Å²) < 4.78 is 5.41. The molecule has 9 nitrogen and oxygen atoms in total. The molecule has 0 bridgehead atoms. The Morgan fingerprint density at radius 2 is 1.64 bits per heavy atom. The maximum absolute atomic E-state index is 12.4. The lowest BCUT2D eigenvalue weighted by Crippen LogP contribution is -2.52. The molecule has 0 saturated carbocycles. The van der Waals surface area contributed by atoms with Crippen LogP contribution in [-0.2, 0) is 9.59 Å². The minimum atomic E-state index is -0.501. The minimum absolute atomic E-state index is 0.0723. The van der Waals surface area contributed by atoms with E-state index < -0.39 is 4.92 Å². The van der Waals surface area contributed by atoms with Crippen molar-refractivity contribution in [1.82, 2.24) is 14.7 Å². The summed E-state index contributed by atoms with van der Waals surface area (Å²) >= 11 is 0. The summed E-state index contributed by atoms with van der Waals surface area (Å²) in [7, 11) is 0. The maximum atomic E-state index is 12.4. The van der Waals surface area contributed by atoms with Gasteiger partial charge in [0.1, 0.15) is 5.75 Å². The number of nitro groups is 1. The van der Waals surface area contributed by atoms with Crippen molar-refractivity contribution in [2.45, 2.75) is 19.3 Å². The van der Waals surface area contributed by atoms with Crippen LogP contribution in [0.2, 0.25) is 0 Å². The Bertz CT molecular complexity index is 712. The van der Waals surface area contributed by atoms with Crippen LogP contribution >= 0.6 is 0 Å². The van der Waals surface area contributed by atoms with Crippen LogP contribution in [0, 0.1) is 10.1 Å². The molecule has 0 unspecified atom stereocenters. The number of piperidine rings is 1. The van der Waals surface area contributed by atoms with E-state index in [9.17, 15) is 19.7 Å². The van der Waals surface area contributed by atoms with Crippen molar-refractivity contribution in [2.24, 2.45) is 0 Å². The van der Waals surface area contributed by atoms with Gasteiger partial charge >= 0.3 is 0 Å². The fourth-order valence-corrected chi connectivity index (χ4v) is 3.51. The van der Waals surface area contributed by atoms with Crippen LogP contribution in [0.15, 0.2) is 24.3 Å². The Morgan fingerprint density at radius 1 is 0.964 bits per heavy atom. The Balaban J connectivity index is 1.40. The number of carbonyl (C=O) groups excluding carboxylic acids is 2. The normalized spacial score (nSPS) is 18.0. The van der Waals surface area contributed by atoms with Crippen LogP contribution < -0.4 is 4.74 Å². The molecule has 2 aliphatic rings. The van der Waals surface area contributed by atoms with Gasteiger partial charge in [-0.1, -0.05) is 6.07 Å². The molecular formula is C19H26N4O5.